The summed E-state index contributed by atoms with van der Waals surface area (Å²) in [5.74, 6) is 7.86. The van der Waals surface area contributed by atoms with Crippen LogP contribution in [-0.2, 0) is 6.42 Å². The molecule has 0 amide bonds. The quantitative estimate of drug-likeness (QED) is 0.344. The van der Waals surface area contributed by atoms with Gasteiger partial charge in [-0.15, -0.1) is 0 Å². The lowest BCUT2D eigenvalue weighted by molar-refractivity contribution is 0.575. The van der Waals surface area contributed by atoms with E-state index in [9.17, 15) is 0 Å². The number of hydrogen-bond acceptors (Lipinski definition) is 3. The number of halogens is 1. The van der Waals surface area contributed by atoms with Crippen molar-refractivity contribution < 1.29 is 0 Å². The fourth-order valence-corrected chi connectivity index (χ4v) is 2.75. The van der Waals surface area contributed by atoms with Crippen LogP contribution in [0.2, 0.25) is 0 Å². The first-order valence-electron chi connectivity index (χ1n) is 5.54. The van der Waals surface area contributed by atoms with Crippen molar-refractivity contribution in [3.63, 3.8) is 0 Å². The Balaban J connectivity index is 2.40. The zero-order valence-electron chi connectivity index (χ0n) is 9.58. The highest BCUT2D eigenvalue weighted by Crippen LogP contribution is 2.11. The molecule has 1 aromatic rings. The summed E-state index contributed by atoms with van der Waals surface area (Å²) in [6.45, 7) is 2.21. The molecule has 3 N–H and O–H groups in total. The third-order valence-electron chi connectivity index (χ3n) is 2.30. The lowest BCUT2D eigenvalue weighted by atomic mass is 10.1. The molecule has 0 bridgehead atoms. The van der Waals surface area contributed by atoms with Crippen molar-refractivity contribution in [3.05, 3.63) is 33.4 Å². The number of hydrogen-bond donors (Lipinski definition) is 2. The predicted molar refractivity (Wildman–Crippen MR) is 81.6 cm³/mol. The van der Waals surface area contributed by atoms with Gasteiger partial charge in [-0.2, -0.15) is 11.8 Å². The highest BCUT2D eigenvalue weighted by atomic mass is 127. The lowest BCUT2D eigenvalue weighted by Crippen LogP contribution is -2.38. The number of hydrazine groups is 1. The Morgan fingerprint density at radius 3 is 2.62 bits per heavy atom. The first kappa shape index (κ1) is 14.3. The van der Waals surface area contributed by atoms with Gasteiger partial charge in [0.25, 0.3) is 0 Å². The largest absolute Gasteiger partial charge is 0.271 e. The Kier molecular flexibility index (Phi) is 7.44. The van der Waals surface area contributed by atoms with Gasteiger partial charge in [0.15, 0.2) is 0 Å². The minimum atomic E-state index is 0.372. The molecule has 1 rings (SSSR count). The Morgan fingerprint density at radius 2 is 2.06 bits per heavy atom. The minimum absolute atomic E-state index is 0.372. The van der Waals surface area contributed by atoms with Crippen molar-refractivity contribution in [2.24, 2.45) is 5.84 Å². The molecule has 0 fully saturated rings. The van der Waals surface area contributed by atoms with Crippen molar-refractivity contribution in [1.29, 1.82) is 0 Å². The molecule has 1 unspecified atom stereocenters. The van der Waals surface area contributed by atoms with Crippen LogP contribution in [0.15, 0.2) is 24.3 Å². The summed E-state index contributed by atoms with van der Waals surface area (Å²) >= 11 is 4.29. The van der Waals surface area contributed by atoms with Crippen LogP contribution in [0.4, 0.5) is 0 Å². The molecule has 0 saturated carbocycles. The third-order valence-corrected chi connectivity index (χ3v) is 4.35. The van der Waals surface area contributed by atoms with E-state index in [2.05, 4.69) is 59.2 Å². The van der Waals surface area contributed by atoms with Gasteiger partial charge in [0.2, 0.25) is 0 Å². The van der Waals surface area contributed by atoms with Crippen LogP contribution in [0.3, 0.4) is 0 Å². The van der Waals surface area contributed by atoms with E-state index >= 15 is 0 Å². The third kappa shape index (κ3) is 5.52. The van der Waals surface area contributed by atoms with Gasteiger partial charge in [-0.05, 0) is 58.9 Å². The Labute approximate surface area is 116 Å². The van der Waals surface area contributed by atoms with Gasteiger partial charge in [0.1, 0.15) is 0 Å². The van der Waals surface area contributed by atoms with E-state index in [1.807, 2.05) is 11.8 Å². The summed E-state index contributed by atoms with van der Waals surface area (Å²) in [5.41, 5.74) is 4.25. The van der Waals surface area contributed by atoms with E-state index in [1.165, 1.54) is 21.3 Å². The van der Waals surface area contributed by atoms with Crippen LogP contribution in [0.25, 0.3) is 0 Å². The van der Waals surface area contributed by atoms with E-state index in [0.717, 1.165) is 12.2 Å². The van der Waals surface area contributed by atoms with Crippen LogP contribution in [-0.4, -0.2) is 17.5 Å². The molecule has 0 aromatic heterocycles. The van der Waals surface area contributed by atoms with Gasteiger partial charge in [0, 0.05) is 15.4 Å². The summed E-state index contributed by atoms with van der Waals surface area (Å²) in [6, 6.07) is 9.01. The maximum absolute atomic E-state index is 5.57. The van der Waals surface area contributed by atoms with Gasteiger partial charge in [-0.3, -0.25) is 11.3 Å². The van der Waals surface area contributed by atoms with Crippen LogP contribution in [0.1, 0.15) is 18.9 Å². The van der Waals surface area contributed by atoms with E-state index in [1.54, 1.807) is 0 Å². The summed E-state index contributed by atoms with van der Waals surface area (Å²) in [6.07, 6.45) is 2.23. The average molecular weight is 350 g/mol. The number of nitrogens with two attached hydrogens (primary N) is 1. The molecule has 0 radical (unpaired) electrons. The fraction of sp³-hybridized carbons (Fsp3) is 0.500. The van der Waals surface area contributed by atoms with Crippen molar-refractivity contribution in [2.45, 2.75) is 25.8 Å². The Morgan fingerprint density at radius 1 is 1.38 bits per heavy atom. The molecule has 0 aliphatic heterocycles. The molecular weight excluding hydrogens is 331 g/mol. The predicted octanol–water partition coefficient (Wildman–Crippen LogP) is 2.81. The summed E-state index contributed by atoms with van der Waals surface area (Å²) < 4.78 is 1.28. The fourth-order valence-electron chi connectivity index (χ4n) is 1.44. The molecule has 0 spiro atoms. The summed E-state index contributed by atoms with van der Waals surface area (Å²) in [4.78, 5) is 0. The second-order valence-electron chi connectivity index (χ2n) is 3.77. The van der Waals surface area contributed by atoms with Gasteiger partial charge >= 0.3 is 0 Å². The average Bonchev–Trinajstić information content (AvgIpc) is 2.31. The molecule has 0 heterocycles. The summed E-state index contributed by atoms with van der Waals surface area (Å²) in [7, 11) is 0. The molecule has 2 nitrogen and oxygen atoms in total. The Hall–Kier alpha value is 0.220. The highest BCUT2D eigenvalue weighted by Gasteiger charge is 2.07. The van der Waals surface area contributed by atoms with Gasteiger partial charge in [-0.1, -0.05) is 19.1 Å². The zero-order chi connectivity index (χ0) is 11.8. The standard InChI is InChI=1S/C12H19IN2S/c1-2-7-16-9-12(15-14)8-10-3-5-11(13)6-4-10/h3-6,12,15H,2,7-9,14H2,1H3. The molecule has 1 atom stereocenters. The SMILES string of the molecule is CCCSCC(Cc1ccc(I)cc1)NN. The monoisotopic (exact) mass is 350 g/mol. The number of rotatable bonds is 7. The van der Waals surface area contributed by atoms with E-state index in [0.29, 0.717) is 6.04 Å². The van der Waals surface area contributed by atoms with Gasteiger partial charge < -0.3 is 0 Å². The van der Waals surface area contributed by atoms with Crippen molar-refractivity contribution in [3.8, 4) is 0 Å². The van der Waals surface area contributed by atoms with E-state index in [-0.39, 0.29) is 0 Å². The first-order valence-corrected chi connectivity index (χ1v) is 7.78. The van der Waals surface area contributed by atoms with E-state index in [4.69, 9.17) is 5.84 Å². The minimum Gasteiger partial charge on any atom is -0.271 e. The Bertz CT molecular complexity index is 290. The van der Waals surface area contributed by atoms with E-state index < -0.39 is 0 Å². The van der Waals surface area contributed by atoms with Crippen LogP contribution >= 0.6 is 34.4 Å². The van der Waals surface area contributed by atoms with Crippen molar-refractivity contribution in [2.75, 3.05) is 11.5 Å². The second kappa shape index (κ2) is 8.33. The molecule has 1 aromatic carbocycles. The molecule has 0 saturated heterocycles. The number of nitrogens with one attached hydrogen (secondary N) is 1. The zero-order valence-corrected chi connectivity index (χ0v) is 12.6. The topological polar surface area (TPSA) is 38.0 Å². The maximum atomic E-state index is 5.57. The van der Waals surface area contributed by atoms with Crippen LogP contribution in [0.5, 0.6) is 0 Å². The highest BCUT2D eigenvalue weighted by molar-refractivity contribution is 14.1. The smallest absolute Gasteiger partial charge is 0.0341 e. The second-order valence-corrected chi connectivity index (χ2v) is 6.16. The van der Waals surface area contributed by atoms with Crippen LogP contribution < -0.4 is 11.3 Å². The molecule has 16 heavy (non-hydrogen) atoms. The number of benzene rings is 1. The normalized spacial score (nSPS) is 12.7. The van der Waals surface area contributed by atoms with Crippen molar-refractivity contribution in [1.82, 2.24) is 5.43 Å². The molecule has 90 valence electrons. The van der Waals surface area contributed by atoms with Crippen LogP contribution in [0, 0.1) is 3.57 Å². The van der Waals surface area contributed by atoms with Crippen molar-refractivity contribution >= 4 is 34.4 Å². The summed E-state index contributed by atoms with van der Waals surface area (Å²) in [5, 5.41) is 0. The molecule has 0 aliphatic carbocycles. The lowest BCUT2D eigenvalue weighted by Gasteiger charge is -2.15. The van der Waals surface area contributed by atoms with Gasteiger partial charge in [-0.25, -0.2) is 0 Å². The molecule has 4 heteroatoms. The molecule has 0 aliphatic rings. The molecular formula is C12H19IN2S. The first-order chi connectivity index (χ1) is 7.76. The maximum Gasteiger partial charge on any atom is 0.0341 e. The number of thioether (sulfide) groups is 1. The van der Waals surface area contributed by atoms with Gasteiger partial charge in [0.05, 0.1) is 0 Å².